The molecule has 1 aliphatic rings. The molecule has 9 nitrogen and oxygen atoms in total. The number of aliphatic hydroxyl groups excluding tert-OH is 5. The molecule has 1 heterocycles. The van der Waals surface area contributed by atoms with Crippen molar-refractivity contribution in [3.05, 3.63) is 134 Å². The van der Waals surface area contributed by atoms with E-state index in [9.17, 15) is 30.3 Å². The Balaban J connectivity index is 2.30. The minimum absolute atomic E-state index is 0.233. The number of unbranched alkanes of at least 4 members (excludes halogenated alkanes) is 21. The molecule has 0 spiro atoms. The third-order valence-electron chi connectivity index (χ3n) is 13.7. The van der Waals surface area contributed by atoms with E-state index in [0.29, 0.717) is 6.42 Å². The van der Waals surface area contributed by atoms with Crippen molar-refractivity contribution in [1.82, 2.24) is 5.32 Å². The molecule has 1 fully saturated rings. The predicted octanol–water partition coefficient (Wildman–Crippen LogP) is 16.1. The van der Waals surface area contributed by atoms with Gasteiger partial charge in [-0.2, -0.15) is 0 Å². The first-order valence-corrected chi connectivity index (χ1v) is 30.9. The van der Waals surface area contributed by atoms with Crippen molar-refractivity contribution in [1.29, 1.82) is 0 Å². The number of nitrogens with one attached hydrogen (secondary N) is 1. The van der Waals surface area contributed by atoms with Crippen LogP contribution in [-0.2, 0) is 14.3 Å². The van der Waals surface area contributed by atoms with Gasteiger partial charge in [0.15, 0.2) is 6.29 Å². The van der Waals surface area contributed by atoms with E-state index in [1.165, 1.54) is 122 Å². The summed E-state index contributed by atoms with van der Waals surface area (Å²) >= 11 is 0. The number of allylic oxidation sites excluding steroid dienone is 21. The molecular weight excluding hydrogens is 959 g/mol. The highest BCUT2D eigenvalue weighted by Crippen LogP contribution is 2.23. The Morgan fingerprint density at radius 1 is 0.455 bits per heavy atom. The summed E-state index contributed by atoms with van der Waals surface area (Å²) < 4.78 is 11.2. The number of hydrogen-bond acceptors (Lipinski definition) is 8. The van der Waals surface area contributed by atoms with Crippen LogP contribution in [0.3, 0.4) is 0 Å². The highest BCUT2D eigenvalue weighted by molar-refractivity contribution is 5.76. The van der Waals surface area contributed by atoms with Gasteiger partial charge in [0.05, 0.1) is 25.4 Å². The number of ether oxygens (including phenoxy) is 2. The van der Waals surface area contributed by atoms with E-state index in [2.05, 4.69) is 141 Å². The highest BCUT2D eigenvalue weighted by atomic mass is 16.7. The van der Waals surface area contributed by atoms with Gasteiger partial charge in [-0.05, 0) is 96.3 Å². The summed E-state index contributed by atoms with van der Waals surface area (Å²) in [4.78, 5) is 13.1. The number of rotatable bonds is 51. The molecular formula is C68H113NO8. The smallest absolute Gasteiger partial charge is 0.220 e. The second-order valence-corrected chi connectivity index (χ2v) is 20.8. The van der Waals surface area contributed by atoms with Crippen molar-refractivity contribution < 1.29 is 39.8 Å². The molecule has 0 aliphatic carbocycles. The molecule has 6 N–H and O–H groups in total. The maximum absolute atomic E-state index is 13.1. The van der Waals surface area contributed by atoms with Gasteiger partial charge < -0.3 is 40.3 Å². The monoisotopic (exact) mass is 1070 g/mol. The summed E-state index contributed by atoms with van der Waals surface area (Å²) in [6, 6.07) is -0.864. The fourth-order valence-corrected chi connectivity index (χ4v) is 8.88. The van der Waals surface area contributed by atoms with Crippen LogP contribution < -0.4 is 5.32 Å². The first kappa shape index (κ1) is 71.3. The molecule has 0 radical (unpaired) electrons. The van der Waals surface area contributed by atoms with Crippen LogP contribution >= 0.6 is 0 Å². The standard InChI is InChI=1S/C68H113NO8/c1-3-5-7-9-11-13-15-17-19-21-23-25-27-29-30-31-32-34-36-38-40-42-44-46-48-50-52-54-56-58-64(72)69-61(60-76-68-67(75)66(74)65(73)63(59-70)77-68)62(71)57-55-53-51-49-47-45-43-41-39-37-35-33-28-26-24-22-20-18-16-14-12-10-8-6-4-2/h5,7,11,13,17,19,23,25,29-30,32,34,38,40,44,46-47,49-50,52,55,57,61-63,65-68,70-71,73-75H,3-4,6,8-10,12,14-16,18,20-22,24,26-28,31,33,35-37,39,41-43,45,48,51,53-54,56,58-60H2,1-2H3,(H,69,72)/b7-5-,13-11-,19-17-,25-23-,30-29-,34-32-,40-38-,46-44-,49-47+,52-50-,57-55+. The molecule has 0 saturated carbocycles. The van der Waals surface area contributed by atoms with Crippen molar-refractivity contribution in [3.63, 3.8) is 0 Å². The maximum atomic E-state index is 13.1. The van der Waals surface area contributed by atoms with Gasteiger partial charge in [0.25, 0.3) is 0 Å². The number of amides is 1. The lowest BCUT2D eigenvalue weighted by molar-refractivity contribution is -0.302. The van der Waals surface area contributed by atoms with E-state index in [0.717, 1.165) is 83.5 Å². The Kier molecular flexibility index (Phi) is 51.5. The van der Waals surface area contributed by atoms with Gasteiger partial charge in [-0.3, -0.25) is 4.79 Å². The molecule has 0 aromatic heterocycles. The van der Waals surface area contributed by atoms with Crippen LogP contribution in [0.1, 0.15) is 232 Å². The first-order chi connectivity index (χ1) is 37.8. The molecule has 1 saturated heterocycles. The second-order valence-electron chi connectivity index (χ2n) is 20.8. The topological polar surface area (TPSA) is 149 Å². The Bertz CT molecular complexity index is 1670. The molecule has 0 bridgehead atoms. The lowest BCUT2D eigenvalue weighted by Crippen LogP contribution is -2.60. The molecule has 7 atom stereocenters. The summed E-state index contributed by atoms with van der Waals surface area (Å²) in [6.07, 6.45) is 78.2. The van der Waals surface area contributed by atoms with Crippen LogP contribution in [-0.4, -0.2) is 87.5 Å². The van der Waals surface area contributed by atoms with E-state index < -0.39 is 49.5 Å². The van der Waals surface area contributed by atoms with Gasteiger partial charge in [-0.25, -0.2) is 0 Å². The normalized spacial score (nSPS) is 19.7. The Hall–Kier alpha value is -3.67. The zero-order valence-electron chi connectivity index (χ0n) is 48.7. The highest BCUT2D eigenvalue weighted by Gasteiger charge is 2.44. The minimum Gasteiger partial charge on any atom is -0.394 e. The van der Waals surface area contributed by atoms with E-state index >= 15 is 0 Å². The quantitative estimate of drug-likeness (QED) is 0.0261. The van der Waals surface area contributed by atoms with Crippen molar-refractivity contribution in [2.24, 2.45) is 0 Å². The third kappa shape index (κ3) is 44.8. The number of carbonyl (C=O) groups is 1. The van der Waals surface area contributed by atoms with Crippen molar-refractivity contribution in [3.8, 4) is 0 Å². The predicted molar refractivity (Wildman–Crippen MR) is 327 cm³/mol. The Labute approximate surface area is 471 Å². The van der Waals surface area contributed by atoms with Crippen LogP contribution in [0.15, 0.2) is 134 Å². The molecule has 1 amide bonds. The maximum Gasteiger partial charge on any atom is 0.220 e. The lowest BCUT2D eigenvalue weighted by atomic mass is 9.99. The van der Waals surface area contributed by atoms with E-state index in [1.807, 2.05) is 6.08 Å². The molecule has 0 aromatic carbocycles. The first-order valence-electron chi connectivity index (χ1n) is 30.9. The van der Waals surface area contributed by atoms with Gasteiger partial charge in [-0.15, -0.1) is 0 Å². The average molecular weight is 1070 g/mol. The van der Waals surface area contributed by atoms with E-state index in [-0.39, 0.29) is 18.9 Å². The zero-order chi connectivity index (χ0) is 55.8. The summed E-state index contributed by atoms with van der Waals surface area (Å²) in [6.45, 7) is 3.62. The van der Waals surface area contributed by atoms with Crippen LogP contribution in [0, 0.1) is 0 Å². The molecule has 438 valence electrons. The molecule has 1 rings (SSSR count). The zero-order valence-corrected chi connectivity index (χ0v) is 48.7. The Morgan fingerprint density at radius 3 is 1.25 bits per heavy atom. The van der Waals surface area contributed by atoms with Crippen LogP contribution in [0.2, 0.25) is 0 Å². The lowest BCUT2D eigenvalue weighted by Gasteiger charge is -2.40. The third-order valence-corrected chi connectivity index (χ3v) is 13.7. The number of carbonyl (C=O) groups excluding carboxylic acids is 1. The van der Waals surface area contributed by atoms with Crippen molar-refractivity contribution in [2.45, 2.75) is 275 Å². The molecule has 7 unspecified atom stereocenters. The molecule has 9 heteroatoms. The second kappa shape index (κ2) is 55.6. The molecule has 77 heavy (non-hydrogen) atoms. The van der Waals surface area contributed by atoms with E-state index in [1.54, 1.807) is 6.08 Å². The minimum atomic E-state index is -1.59. The SMILES string of the molecule is CC/C=C\C/C=C\C/C=C\C/C=C\C/C=C\C/C=C\C/C=C\C/C=C\C/C=C\CCCC(=O)NC(COC1OC(CO)C(O)C(O)C1O)C(O)/C=C/CC/C=C/CCCCCCCCCCCCCCCCCCCCC. The van der Waals surface area contributed by atoms with Gasteiger partial charge in [-0.1, -0.05) is 263 Å². The molecule has 0 aromatic rings. The summed E-state index contributed by atoms with van der Waals surface area (Å²) in [5.41, 5.74) is 0. The van der Waals surface area contributed by atoms with Crippen LogP contribution in [0.5, 0.6) is 0 Å². The van der Waals surface area contributed by atoms with Crippen LogP contribution in [0.25, 0.3) is 0 Å². The fraction of sp³-hybridized carbons (Fsp3) is 0.662. The summed E-state index contributed by atoms with van der Waals surface area (Å²) in [7, 11) is 0. The number of aliphatic hydroxyl groups is 5. The largest absolute Gasteiger partial charge is 0.394 e. The van der Waals surface area contributed by atoms with E-state index in [4.69, 9.17) is 9.47 Å². The fourth-order valence-electron chi connectivity index (χ4n) is 8.88. The number of hydrogen-bond donors (Lipinski definition) is 6. The average Bonchev–Trinajstić information content (AvgIpc) is 3.43. The van der Waals surface area contributed by atoms with Gasteiger partial charge >= 0.3 is 0 Å². The summed E-state index contributed by atoms with van der Waals surface area (Å²) in [5.74, 6) is -0.248. The Morgan fingerprint density at radius 2 is 0.818 bits per heavy atom. The van der Waals surface area contributed by atoms with Crippen molar-refractivity contribution in [2.75, 3.05) is 13.2 Å². The van der Waals surface area contributed by atoms with Crippen LogP contribution in [0.4, 0.5) is 0 Å². The van der Waals surface area contributed by atoms with Crippen molar-refractivity contribution >= 4 is 5.91 Å². The molecule has 1 aliphatic heterocycles. The van der Waals surface area contributed by atoms with Gasteiger partial charge in [0.2, 0.25) is 5.91 Å². The summed E-state index contributed by atoms with van der Waals surface area (Å²) in [5, 5.41) is 54.5. The van der Waals surface area contributed by atoms with Gasteiger partial charge in [0.1, 0.15) is 24.4 Å². The van der Waals surface area contributed by atoms with Gasteiger partial charge in [0, 0.05) is 6.42 Å².